The van der Waals surface area contributed by atoms with Crippen LogP contribution in [0.4, 0.5) is 10.5 Å². The van der Waals surface area contributed by atoms with E-state index in [2.05, 4.69) is 10.1 Å². The monoisotopic (exact) mass is 255 g/mol. The molecule has 1 aromatic rings. The second-order valence-electron chi connectivity index (χ2n) is 3.86. The van der Waals surface area contributed by atoms with Crippen LogP contribution in [0.5, 0.6) is 0 Å². The molecule has 0 radical (unpaired) electrons. The van der Waals surface area contributed by atoms with Crippen molar-refractivity contribution >= 4 is 21.6 Å². The second kappa shape index (κ2) is 4.37. The summed E-state index contributed by atoms with van der Waals surface area (Å²) in [6.45, 7) is 0. The van der Waals surface area contributed by atoms with Gasteiger partial charge in [0, 0.05) is 5.69 Å². The molecule has 1 amide bonds. The summed E-state index contributed by atoms with van der Waals surface area (Å²) < 4.78 is 28.0. The molecule has 0 saturated heterocycles. The third-order valence-electron chi connectivity index (χ3n) is 2.69. The average molecular weight is 255 g/mol. The fourth-order valence-corrected chi connectivity index (χ4v) is 3.47. The molecule has 0 spiro atoms. The van der Waals surface area contributed by atoms with Crippen LogP contribution in [0, 0.1) is 0 Å². The average Bonchev–Trinajstić information content (AvgIpc) is 2.28. The number of ether oxygens (including phenoxy) is 1. The van der Waals surface area contributed by atoms with E-state index in [1.165, 1.54) is 13.2 Å². The van der Waals surface area contributed by atoms with E-state index in [1.807, 2.05) is 0 Å². The van der Waals surface area contributed by atoms with Gasteiger partial charge in [-0.25, -0.2) is 13.2 Å². The summed E-state index contributed by atoms with van der Waals surface area (Å²) in [6.07, 6.45) is 0.769. The normalized spacial score (nSPS) is 17.0. The van der Waals surface area contributed by atoms with Crippen molar-refractivity contribution in [1.82, 2.24) is 0 Å². The molecular weight excluding hydrogens is 242 g/mol. The number of amides is 1. The standard InChI is InChI=1S/C11H13NO4S/c1-16-11(13)12-9-4-5-10-8(7-9)3-2-6-17(10,14)15/h4-5,7H,2-3,6H2,1H3,(H,12,13). The highest BCUT2D eigenvalue weighted by Crippen LogP contribution is 2.27. The minimum Gasteiger partial charge on any atom is -0.453 e. The molecule has 1 N–H and O–H groups in total. The van der Waals surface area contributed by atoms with Crippen LogP contribution in [0.3, 0.4) is 0 Å². The van der Waals surface area contributed by atoms with Crippen LogP contribution >= 0.6 is 0 Å². The molecule has 1 aliphatic heterocycles. The predicted octanol–water partition coefficient (Wildman–Crippen LogP) is 1.58. The maximum Gasteiger partial charge on any atom is 0.411 e. The van der Waals surface area contributed by atoms with Gasteiger partial charge in [0.15, 0.2) is 9.84 Å². The molecule has 0 atom stereocenters. The Morgan fingerprint density at radius 2 is 2.18 bits per heavy atom. The van der Waals surface area contributed by atoms with E-state index in [9.17, 15) is 13.2 Å². The first kappa shape index (κ1) is 11.9. The molecule has 0 bridgehead atoms. The second-order valence-corrected chi connectivity index (χ2v) is 5.94. The number of benzene rings is 1. The number of anilines is 1. The van der Waals surface area contributed by atoms with Crippen molar-refractivity contribution in [3.63, 3.8) is 0 Å². The highest BCUT2D eigenvalue weighted by atomic mass is 32.2. The lowest BCUT2D eigenvalue weighted by Crippen LogP contribution is -2.17. The van der Waals surface area contributed by atoms with Gasteiger partial charge in [0.25, 0.3) is 0 Å². The van der Waals surface area contributed by atoms with E-state index >= 15 is 0 Å². The van der Waals surface area contributed by atoms with Crippen molar-refractivity contribution in [2.45, 2.75) is 17.7 Å². The number of aryl methyl sites for hydroxylation is 1. The highest BCUT2D eigenvalue weighted by Gasteiger charge is 2.23. The highest BCUT2D eigenvalue weighted by molar-refractivity contribution is 7.91. The van der Waals surface area contributed by atoms with Gasteiger partial charge in [-0.05, 0) is 36.6 Å². The van der Waals surface area contributed by atoms with Crippen LogP contribution in [-0.4, -0.2) is 27.4 Å². The van der Waals surface area contributed by atoms with E-state index in [0.717, 1.165) is 5.56 Å². The molecule has 0 aromatic heterocycles. The summed E-state index contributed by atoms with van der Waals surface area (Å²) in [4.78, 5) is 11.4. The summed E-state index contributed by atoms with van der Waals surface area (Å²) in [5.74, 6) is 0.198. The third kappa shape index (κ3) is 2.41. The quantitative estimate of drug-likeness (QED) is 0.827. The predicted molar refractivity (Wildman–Crippen MR) is 62.8 cm³/mol. The van der Waals surface area contributed by atoms with Crippen molar-refractivity contribution < 1.29 is 17.9 Å². The molecule has 0 aliphatic carbocycles. The minimum atomic E-state index is -3.14. The smallest absolute Gasteiger partial charge is 0.411 e. The molecule has 92 valence electrons. The lowest BCUT2D eigenvalue weighted by molar-refractivity contribution is 0.187. The first-order valence-electron chi connectivity index (χ1n) is 5.23. The molecule has 1 aromatic carbocycles. The van der Waals surface area contributed by atoms with Gasteiger partial charge in [0.05, 0.1) is 17.8 Å². The fourth-order valence-electron chi connectivity index (χ4n) is 1.89. The van der Waals surface area contributed by atoms with Gasteiger partial charge in [-0.15, -0.1) is 0 Å². The number of hydrogen-bond acceptors (Lipinski definition) is 4. The number of nitrogens with one attached hydrogen (secondary N) is 1. The van der Waals surface area contributed by atoms with Crippen molar-refractivity contribution in [3.05, 3.63) is 23.8 Å². The van der Waals surface area contributed by atoms with Gasteiger partial charge in [-0.1, -0.05) is 0 Å². The Morgan fingerprint density at radius 3 is 2.88 bits per heavy atom. The van der Waals surface area contributed by atoms with Crippen LogP contribution in [0.15, 0.2) is 23.1 Å². The summed E-state index contributed by atoms with van der Waals surface area (Å²) >= 11 is 0. The molecule has 1 heterocycles. The van der Waals surface area contributed by atoms with Gasteiger partial charge < -0.3 is 4.74 Å². The van der Waals surface area contributed by atoms with Gasteiger partial charge in [-0.3, -0.25) is 5.32 Å². The van der Waals surface area contributed by atoms with Crippen molar-refractivity contribution in [2.75, 3.05) is 18.2 Å². The zero-order valence-electron chi connectivity index (χ0n) is 9.39. The number of carbonyl (C=O) groups is 1. The number of hydrogen-bond donors (Lipinski definition) is 1. The Labute approximate surface area is 99.7 Å². The van der Waals surface area contributed by atoms with E-state index in [1.54, 1.807) is 12.1 Å². The zero-order chi connectivity index (χ0) is 12.5. The Kier molecular flexibility index (Phi) is 3.06. The SMILES string of the molecule is COC(=O)Nc1ccc2c(c1)CCCS2(=O)=O. The van der Waals surface area contributed by atoms with Crippen LogP contribution in [-0.2, 0) is 21.0 Å². The van der Waals surface area contributed by atoms with E-state index < -0.39 is 15.9 Å². The van der Waals surface area contributed by atoms with Gasteiger partial charge in [0.1, 0.15) is 0 Å². The molecule has 2 rings (SSSR count). The Hall–Kier alpha value is -1.56. The van der Waals surface area contributed by atoms with Crippen molar-refractivity contribution in [3.8, 4) is 0 Å². The van der Waals surface area contributed by atoms with Crippen LogP contribution in [0.1, 0.15) is 12.0 Å². The van der Waals surface area contributed by atoms with E-state index in [0.29, 0.717) is 23.4 Å². The number of sulfone groups is 1. The Morgan fingerprint density at radius 1 is 1.41 bits per heavy atom. The molecule has 1 aliphatic rings. The first-order chi connectivity index (χ1) is 8.03. The third-order valence-corrected chi connectivity index (χ3v) is 4.58. The molecule has 17 heavy (non-hydrogen) atoms. The zero-order valence-corrected chi connectivity index (χ0v) is 10.2. The van der Waals surface area contributed by atoms with Crippen LogP contribution in [0.2, 0.25) is 0 Å². The Balaban J connectivity index is 2.35. The Bertz CT molecular complexity index is 551. The lowest BCUT2D eigenvalue weighted by Gasteiger charge is -2.17. The number of rotatable bonds is 1. The summed E-state index contributed by atoms with van der Waals surface area (Å²) in [5, 5.41) is 2.51. The van der Waals surface area contributed by atoms with Gasteiger partial charge in [-0.2, -0.15) is 0 Å². The molecule has 0 saturated carbocycles. The van der Waals surface area contributed by atoms with Crippen LogP contribution < -0.4 is 5.32 Å². The van der Waals surface area contributed by atoms with E-state index in [-0.39, 0.29) is 5.75 Å². The first-order valence-corrected chi connectivity index (χ1v) is 6.89. The maximum absolute atomic E-state index is 11.8. The minimum absolute atomic E-state index is 0.198. The largest absolute Gasteiger partial charge is 0.453 e. The topological polar surface area (TPSA) is 72.5 Å². The summed E-state index contributed by atoms with van der Waals surface area (Å²) in [7, 11) is -1.86. The molecule has 0 unspecified atom stereocenters. The van der Waals surface area contributed by atoms with E-state index in [4.69, 9.17) is 0 Å². The summed E-state index contributed by atoms with van der Waals surface area (Å²) in [6, 6.07) is 4.79. The van der Waals surface area contributed by atoms with Gasteiger partial charge in [0.2, 0.25) is 0 Å². The van der Waals surface area contributed by atoms with Crippen LogP contribution in [0.25, 0.3) is 0 Å². The summed E-state index contributed by atoms with van der Waals surface area (Å²) in [5.41, 5.74) is 1.30. The maximum atomic E-state index is 11.8. The fraction of sp³-hybridized carbons (Fsp3) is 0.364. The molecule has 6 heteroatoms. The number of fused-ring (bicyclic) bond motifs is 1. The molecule has 5 nitrogen and oxygen atoms in total. The van der Waals surface area contributed by atoms with Crippen molar-refractivity contribution in [2.24, 2.45) is 0 Å². The van der Waals surface area contributed by atoms with Crippen molar-refractivity contribution in [1.29, 1.82) is 0 Å². The number of carbonyl (C=O) groups excluding carboxylic acids is 1. The molecule has 0 fully saturated rings. The molecular formula is C11H13NO4S. The number of methoxy groups -OCH3 is 1. The lowest BCUT2D eigenvalue weighted by atomic mass is 10.1. The van der Waals surface area contributed by atoms with Gasteiger partial charge >= 0.3 is 6.09 Å².